The quantitative estimate of drug-likeness (QED) is 0.278. The highest BCUT2D eigenvalue weighted by Crippen LogP contribution is 2.40. The summed E-state index contributed by atoms with van der Waals surface area (Å²) in [5.41, 5.74) is -4.14. The fourth-order valence-corrected chi connectivity index (χ4v) is 5.46. The maximum atomic E-state index is 13.7. The Bertz CT molecular complexity index is 1430. The number of nitrogens with one attached hydrogen (secondary N) is 2. The lowest BCUT2D eigenvalue weighted by molar-refractivity contribution is -0.138. The van der Waals surface area contributed by atoms with E-state index in [0.717, 1.165) is 31.3 Å². The summed E-state index contributed by atoms with van der Waals surface area (Å²) in [6, 6.07) is -0.538. The van der Waals surface area contributed by atoms with Crippen LogP contribution in [0.15, 0.2) is 23.3 Å². The molecule has 1 saturated heterocycles. The van der Waals surface area contributed by atoms with Crippen LogP contribution in [0.1, 0.15) is 51.2 Å². The van der Waals surface area contributed by atoms with E-state index in [1.807, 2.05) is 13.8 Å². The van der Waals surface area contributed by atoms with Crippen molar-refractivity contribution in [3.05, 3.63) is 39.9 Å². The van der Waals surface area contributed by atoms with Crippen LogP contribution in [-0.2, 0) is 26.7 Å². The molecule has 2 aliphatic heterocycles. The van der Waals surface area contributed by atoms with Crippen molar-refractivity contribution in [2.24, 2.45) is 5.92 Å². The second-order valence-corrected chi connectivity index (χ2v) is 11.1. The minimum Gasteiger partial charge on any atom is -0.379 e. The first kappa shape index (κ1) is 34.0. The summed E-state index contributed by atoms with van der Waals surface area (Å²) in [7, 11) is 0. The Hall–Kier alpha value is -3.89. The molecular formula is C28H35F6N7O4. The number of nitrogens with zero attached hydrogens (tertiary/aromatic N) is 5. The lowest BCUT2D eigenvalue weighted by Crippen LogP contribution is -2.64. The molecule has 2 aliphatic rings. The van der Waals surface area contributed by atoms with E-state index in [4.69, 9.17) is 4.74 Å². The van der Waals surface area contributed by atoms with Crippen LogP contribution < -0.4 is 20.7 Å². The zero-order valence-electron chi connectivity index (χ0n) is 25.0. The molecule has 1 unspecified atom stereocenters. The Balaban J connectivity index is 1.38. The SMILES string of the molecule is CCC(CC)CN1C(=O)[C@H]2CN(C(=O)CCOCC(C)Nc3cn[nH]c(=O)c3C(F)(F)F)CCN2c2ncc(C(F)(F)F)cc21. The maximum absolute atomic E-state index is 13.7. The summed E-state index contributed by atoms with van der Waals surface area (Å²) >= 11 is 0. The van der Waals surface area contributed by atoms with E-state index in [1.54, 1.807) is 10.00 Å². The fraction of sp³-hybridized carbons (Fsp3) is 0.607. The van der Waals surface area contributed by atoms with E-state index in [0.29, 0.717) is 0 Å². The molecule has 2 aromatic heterocycles. The number of alkyl halides is 6. The number of aromatic amines is 1. The molecule has 45 heavy (non-hydrogen) atoms. The molecule has 0 aromatic carbocycles. The molecule has 4 heterocycles. The molecule has 2 atom stereocenters. The standard InChI is InChI=1S/C28H35F6N7O4/c1-4-17(5-2)13-41-20-10-18(27(29,30)31)11-35-24(20)40-8-7-39(14-21(40)26(41)44)22(42)6-9-45-15-16(3)37-19-12-36-38-25(43)23(19)28(32,33)34/h10-12,16-17,21H,4-9,13-15H2,1-3H3,(H2,37,38,43)/t16?,21-/m1/s1. The van der Waals surface area contributed by atoms with E-state index in [9.17, 15) is 40.7 Å². The molecule has 2 aromatic rings. The van der Waals surface area contributed by atoms with Crippen LogP contribution >= 0.6 is 0 Å². The zero-order valence-corrected chi connectivity index (χ0v) is 25.0. The van der Waals surface area contributed by atoms with Crippen LogP contribution in [0.4, 0.5) is 43.5 Å². The molecule has 2 N–H and O–H groups in total. The number of anilines is 3. The third-order valence-electron chi connectivity index (χ3n) is 7.99. The van der Waals surface area contributed by atoms with Crippen LogP contribution in [0.3, 0.4) is 0 Å². The van der Waals surface area contributed by atoms with Gasteiger partial charge in [0.2, 0.25) is 5.91 Å². The number of carbonyl (C=O) groups excluding carboxylic acids is 2. The highest BCUT2D eigenvalue weighted by molar-refractivity contribution is 6.05. The second kappa shape index (κ2) is 13.6. The average Bonchev–Trinajstić information content (AvgIpc) is 2.97. The number of hydrogen-bond acceptors (Lipinski definition) is 8. The summed E-state index contributed by atoms with van der Waals surface area (Å²) in [6.07, 6.45) is -6.56. The zero-order chi connectivity index (χ0) is 33.1. The summed E-state index contributed by atoms with van der Waals surface area (Å²) in [5.74, 6) is -0.410. The molecule has 17 heteroatoms. The van der Waals surface area contributed by atoms with Crippen molar-refractivity contribution in [3.8, 4) is 0 Å². The van der Waals surface area contributed by atoms with Gasteiger partial charge < -0.3 is 24.8 Å². The van der Waals surface area contributed by atoms with Gasteiger partial charge in [-0.1, -0.05) is 26.7 Å². The maximum Gasteiger partial charge on any atom is 0.423 e. The van der Waals surface area contributed by atoms with Crippen LogP contribution in [-0.4, -0.2) is 83.4 Å². The second-order valence-electron chi connectivity index (χ2n) is 11.1. The molecule has 11 nitrogen and oxygen atoms in total. The van der Waals surface area contributed by atoms with Gasteiger partial charge >= 0.3 is 12.4 Å². The van der Waals surface area contributed by atoms with Crippen LogP contribution in [0.5, 0.6) is 0 Å². The number of halogens is 6. The van der Waals surface area contributed by atoms with Gasteiger partial charge in [0.1, 0.15) is 11.6 Å². The van der Waals surface area contributed by atoms with Gasteiger partial charge in [0.25, 0.3) is 11.5 Å². The first-order valence-corrected chi connectivity index (χ1v) is 14.6. The Morgan fingerprint density at radius 3 is 2.47 bits per heavy atom. The third kappa shape index (κ3) is 7.68. The first-order valence-electron chi connectivity index (χ1n) is 14.6. The Morgan fingerprint density at radius 2 is 1.82 bits per heavy atom. The van der Waals surface area contributed by atoms with Crippen LogP contribution in [0, 0.1) is 5.92 Å². The summed E-state index contributed by atoms with van der Waals surface area (Å²) in [4.78, 5) is 47.0. The summed E-state index contributed by atoms with van der Waals surface area (Å²) < 4.78 is 85.9. The molecule has 1 fully saturated rings. The number of pyridine rings is 1. The number of amides is 2. The van der Waals surface area contributed by atoms with E-state index >= 15 is 0 Å². The molecule has 0 spiro atoms. The van der Waals surface area contributed by atoms with Gasteiger partial charge in [-0.2, -0.15) is 31.4 Å². The van der Waals surface area contributed by atoms with Gasteiger partial charge in [0.05, 0.1) is 49.3 Å². The molecule has 0 bridgehead atoms. The Labute approximate surface area is 254 Å². The number of hydrogen-bond donors (Lipinski definition) is 2. The predicted molar refractivity (Wildman–Crippen MR) is 152 cm³/mol. The molecule has 0 aliphatic carbocycles. The van der Waals surface area contributed by atoms with Gasteiger partial charge in [-0.3, -0.25) is 14.4 Å². The smallest absolute Gasteiger partial charge is 0.379 e. The highest BCUT2D eigenvalue weighted by atomic mass is 19.4. The van der Waals surface area contributed by atoms with E-state index in [-0.39, 0.29) is 69.1 Å². The third-order valence-corrected chi connectivity index (χ3v) is 7.99. The molecule has 4 rings (SSSR count). The van der Waals surface area contributed by atoms with Crippen molar-refractivity contribution in [1.29, 1.82) is 0 Å². The van der Waals surface area contributed by atoms with Crippen molar-refractivity contribution >= 4 is 29.0 Å². The number of carbonyl (C=O) groups is 2. The van der Waals surface area contributed by atoms with Gasteiger partial charge in [0, 0.05) is 31.9 Å². The summed E-state index contributed by atoms with van der Waals surface area (Å²) in [5, 5.41) is 7.71. The number of H-pyrrole nitrogens is 1. The predicted octanol–water partition coefficient (Wildman–Crippen LogP) is 3.91. The monoisotopic (exact) mass is 647 g/mol. The van der Waals surface area contributed by atoms with Crippen molar-refractivity contribution in [2.75, 3.05) is 54.5 Å². The lowest BCUT2D eigenvalue weighted by atomic mass is 9.99. The number of rotatable bonds is 11. The number of aromatic nitrogens is 3. The molecule has 248 valence electrons. The van der Waals surface area contributed by atoms with Crippen LogP contribution in [0.2, 0.25) is 0 Å². The average molecular weight is 648 g/mol. The minimum atomic E-state index is -4.90. The highest BCUT2D eigenvalue weighted by Gasteiger charge is 2.45. The molecule has 0 saturated carbocycles. The molecule has 0 radical (unpaired) electrons. The number of piperazine rings is 1. The number of fused-ring (bicyclic) bond motifs is 3. The van der Waals surface area contributed by atoms with Crippen molar-refractivity contribution in [3.63, 3.8) is 0 Å². The van der Waals surface area contributed by atoms with Gasteiger partial charge in [-0.15, -0.1) is 0 Å². The fourth-order valence-electron chi connectivity index (χ4n) is 5.46. The van der Waals surface area contributed by atoms with Crippen molar-refractivity contribution in [2.45, 2.75) is 64.5 Å². The topological polar surface area (TPSA) is 124 Å². The van der Waals surface area contributed by atoms with Crippen LogP contribution in [0.25, 0.3) is 0 Å². The Kier molecular flexibility index (Phi) is 10.3. The summed E-state index contributed by atoms with van der Waals surface area (Å²) in [6.45, 7) is 5.89. The lowest BCUT2D eigenvalue weighted by Gasteiger charge is -2.47. The number of ether oxygens (including phenoxy) is 1. The normalized spacial score (nSPS) is 17.8. The Morgan fingerprint density at radius 1 is 1.11 bits per heavy atom. The largest absolute Gasteiger partial charge is 0.423 e. The minimum absolute atomic E-state index is 0.00690. The molecule has 2 amide bonds. The van der Waals surface area contributed by atoms with Gasteiger partial charge in [0.15, 0.2) is 5.82 Å². The van der Waals surface area contributed by atoms with Crippen molar-refractivity contribution < 1.29 is 40.7 Å². The van der Waals surface area contributed by atoms with E-state index in [1.165, 1.54) is 16.7 Å². The van der Waals surface area contributed by atoms with Gasteiger partial charge in [-0.05, 0) is 18.9 Å². The molecular weight excluding hydrogens is 612 g/mol. The van der Waals surface area contributed by atoms with Crippen molar-refractivity contribution in [1.82, 2.24) is 20.1 Å². The van der Waals surface area contributed by atoms with Gasteiger partial charge in [-0.25, -0.2) is 10.1 Å². The van der Waals surface area contributed by atoms with E-state index < -0.39 is 52.7 Å². The first-order chi connectivity index (χ1) is 21.1. The van der Waals surface area contributed by atoms with E-state index in [2.05, 4.69) is 15.4 Å².